The van der Waals surface area contributed by atoms with E-state index in [1.54, 1.807) is 12.4 Å². The second-order valence-corrected chi connectivity index (χ2v) is 5.31. The number of nitrogens with zero attached hydrogens (tertiary/aromatic N) is 1. The smallest absolute Gasteiger partial charge is 0.0834 e. The Morgan fingerprint density at radius 2 is 2.33 bits per heavy atom. The number of ether oxygens (including phenoxy) is 1. The molecule has 1 fully saturated rings. The fourth-order valence-corrected chi connectivity index (χ4v) is 2.90. The number of aromatic nitrogens is 1. The van der Waals surface area contributed by atoms with Crippen molar-refractivity contribution in [2.75, 3.05) is 13.7 Å². The quantitative estimate of drug-likeness (QED) is 0.862. The SMILES string of the molecule is CCNC(Cc1ccncc1Cl)C1(OC)CCC1. The van der Waals surface area contributed by atoms with Crippen molar-refractivity contribution in [2.45, 2.75) is 44.2 Å². The fraction of sp³-hybridized carbons (Fsp3) is 0.643. The fourth-order valence-electron chi connectivity index (χ4n) is 2.70. The Kier molecular flexibility index (Phi) is 4.60. The molecule has 1 N–H and O–H groups in total. The van der Waals surface area contributed by atoms with Crippen LogP contribution >= 0.6 is 11.6 Å². The van der Waals surface area contributed by atoms with Gasteiger partial charge in [-0.3, -0.25) is 4.98 Å². The van der Waals surface area contributed by atoms with Crippen LogP contribution in [0.2, 0.25) is 5.02 Å². The van der Waals surface area contributed by atoms with Gasteiger partial charge in [-0.1, -0.05) is 18.5 Å². The number of rotatable bonds is 6. The molecular formula is C14H21ClN2O. The second-order valence-electron chi connectivity index (χ2n) is 4.90. The summed E-state index contributed by atoms with van der Waals surface area (Å²) < 4.78 is 5.78. The third-order valence-corrected chi connectivity index (χ3v) is 4.31. The van der Waals surface area contributed by atoms with Crippen molar-refractivity contribution < 1.29 is 4.74 Å². The van der Waals surface area contributed by atoms with Crippen LogP contribution in [0.4, 0.5) is 0 Å². The van der Waals surface area contributed by atoms with Crippen LogP contribution in [0.5, 0.6) is 0 Å². The second kappa shape index (κ2) is 6.00. The lowest BCUT2D eigenvalue weighted by atomic mass is 9.72. The maximum absolute atomic E-state index is 6.19. The maximum Gasteiger partial charge on any atom is 0.0834 e. The van der Waals surface area contributed by atoms with Gasteiger partial charge in [0, 0.05) is 25.5 Å². The summed E-state index contributed by atoms with van der Waals surface area (Å²) in [5, 5.41) is 4.29. The van der Waals surface area contributed by atoms with Crippen molar-refractivity contribution in [1.82, 2.24) is 10.3 Å². The Morgan fingerprint density at radius 1 is 1.56 bits per heavy atom. The van der Waals surface area contributed by atoms with Gasteiger partial charge >= 0.3 is 0 Å². The molecule has 1 unspecified atom stereocenters. The summed E-state index contributed by atoms with van der Waals surface area (Å²) >= 11 is 6.19. The summed E-state index contributed by atoms with van der Waals surface area (Å²) in [6.07, 6.45) is 7.90. The summed E-state index contributed by atoms with van der Waals surface area (Å²) in [5.74, 6) is 0. The number of nitrogens with one attached hydrogen (secondary N) is 1. The Bertz CT molecular complexity index is 388. The zero-order chi connectivity index (χ0) is 13.0. The summed E-state index contributed by atoms with van der Waals surface area (Å²) in [7, 11) is 1.82. The standard InChI is InChI=1S/C14H21ClN2O/c1-3-17-13(14(18-2)6-4-7-14)9-11-5-8-16-10-12(11)15/h5,8,10,13,17H,3-4,6-7,9H2,1-2H3. The van der Waals surface area contributed by atoms with Crippen molar-refractivity contribution in [3.63, 3.8) is 0 Å². The Labute approximate surface area is 114 Å². The van der Waals surface area contributed by atoms with Crippen LogP contribution in [-0.4, -0.2) is 30.3 Å². The molecule has 0 amide bonds. The first kappa shape index (κ1) is 13.8. The van der Waals surface area contributed by atoms with Gasteiger partial charge < -0.3 is 10.1 Å². The minimum atomic E-state index is -0.0113. The van der Waals surface area contributed by atoms with Gasteiger partial charge in [0.25, 0.3) is 0 Å². The van der Waals surface area contributed by atoms with E-state index in [9.17, 15) is 0 Å². The summed E-state index contributed by atoms with van der Waals surface area (Å²) in [6.45, 7) is 3.07. The monoisotopic (exact) mass is 268 g/mol. The molecule has 1 aromatic rings. The molecule has 1 saturated carbocycles. The highest BCUT2D eigenvalue weighted by Gasteiger charge is 2.44. The number of likely N-dealkylation sites (N-methyl/N-ethyl adjacent to an activating group) is 1. The number of halogens is 1. The molecule has 1 aliphatic carbocycles. The minimum Gasteiger partial charge on any atom is -0.377 e. The zero-order valence-corrected chi connectivity index (χ0v) is 11.8. The Balaban J connectivity index is 2.14. The molecule has 100 valence electrons. The molecule has 2 rings (SSSR count). The topological polar surface area (TPSA) is 34.2 Å². The Hall–Kier alpha value is -0.640. The number of pyridine rings is 1. The molecule has 4 heteroatoms. The maximum atomic E-state index is 6.19. The van der Waals surface area contributed by atoms with Gasteiger partial charge in [0.05, 0.1) is 10.6 Å². The van der Waals surface area contributed by atoms with Gasteiger partial charge in [-0.25, -0.2) is 0 Å². The molecule has 0 bridgehead atoms. The highest BCUT2D eigenvalue weighted by molar-refractivity contribution is 6.31. The summed E-state index contributed by atoms with van der Waals surface area (Å²) in [5.41, 5.74) is 1.13. The molecule has 1 atom stereocenters. The average molecular weight is 269 g/mol. The van der Waals surface area contributed by atoms with E-state index < -0.39 is 0 Å². The number of methoxy groups -OCH3 is 1. The van der Waals surface area contributed by atoms with Crippen LogP contribution in [0.15, 0.2) is 18.5 Å². The van der Waals surface area contributed by atoms with Gasteiger partial charge in [-0.2, -0.15) is 0 Å². The number of hydrogen-bond acceptors (Lipinski definition) is 3. The lowest BCUT2D eigenvalue weighted by Gasteiger charge is -2.47. The lowest BCUT2D eigenvalue weighted by Crippen LogP contribution is -2.57. The molecule has 0 saturated heterocycles. The van der Waals surface area contributed by atoms with Gasteiger partial charge in [0.2, 0.25) is 0 Å². The van der Waals surface area contributed by atoms with E-state index in [-0.39, 0.29) is 5.60 Å². The van der Waals surface area contributed by atoms with Crippen molar-refractivity contribution in [1.29, 1.82) is 0 Å². The normalized spacial score (nSPS) is 19.3. The van der Waals surface area contributed by atoms with Crippen molar-refractivity contribution >= 4 is 11.6 Å². The number of hydrogen-bond donors (Lipinski definition) is 1. The van der Waals surface area contributed by atoms with Gasteiger partial charge in [0.1, 0.15) is 0 Å². The minimum absolute atomic E-state index is 0.0113. The van der Waals surface area contributed by atoms with Crippen LogP contribution in [0, 0.1) is 0 Å². The van der Waals surface area contributed by atoms with E-state index >= 15 is 0 Å². The van der Waals surface area contributed by atoms with Crippen LogP contribution in [-0.2, 0) is 11.2 Å². The average Bonchev–Trinajstić information content (AvgIpc) is 2.31. The van der Waals surface area contributed by atoms with E-state index in [4.69, 9.17) is 16.3 Å². The van der Waals surface area contributed by atoms with Crippen LogP contribution in [0.25, 0.3) is 0 Å². The van der Waals surface area contributed by atoms with Crippen LogP contribution < -0.4 is 5.32 Å². The molecule has 0 radical (unpaired) electrons. The van der Waals surface area contributed by atoms with E-state index in [0.29, 0.717) is 6.04 Å². The first-order valence-electron chi connectivity index (χ1n) is 6.59. The predicted molar refractivity (Wildman–Crippen MR) is 74.0 cm³/mol. The van der Waals surface area contributed by atoms with Crippen molar-refractivity contribution in [2.24, 2.45) is 0 Å². The third kappa shape index (κ3) is 2.68. The van der Waals surface area contributed by atoms with Gasteiger partial charge in [-0.05, 0) is 43.9 Å². The van der Waals surface area contributed by atoms with E-state index in [1.165, 1.54) is 6.42 Å². The molecule has 1 aliphatic rings. The largest absolute Gasteiger partial charge is 0.377 e. The van der Waals surface area contributed by atoms with Crippen LogP contribution in [0.1, 0.15) is 31.7 Å². The molecule has 1 aromatic heterocycles. The van der Waals surface area contributed by atoms with Crippen molar-refractivity contribution in [3.8, 4) is 0 Å². The molecule has 3 nitrogen and oxygen atoms in total. The third-order valence-electron chi connectivity index (χ3n) is 3.97. The lowest BCUT2D eigenvalue weighted by molar-refractivity contribution is -0.0978. The first-order valence-corrected chi connectivity index (χ1v) is 6.96. The van der Waals surface area contributed by atoms with E-state index in [1.807, 2.05) is 13.2 Å². The van der Waals surface area contributed by atoms with E-state index in [2.05, 4.69) is 17.2 Å². The van der Waals surface area contributed by atoms with Crippen molar-refractivity contribution in [3.05, 3.63) is 29.0 Å². The molecule has 0 spiro atoms. The molecular weight excluding hydrogens is 248 g/mol. The summed E-state index contributed by atoms with van der Waals surface area (Å²) in [4.78, 5) is 4.03. The highest BCUT2D eigenvalue weighted by Crippen LogP contribution is 2.39. The van der Waals surface area contributed by atoms with Gasteiger partial charge in [0.15, 0.2) is 0 Å². The predicted octanol–water partition coefficient (Wildman–Crippen LogP) is 2.82. The highest BCUT2D eigenvalue weighted by atomic mass is 35.5. The first-order chi connectivity index (χ1) is 8.72. The molecule has 18 heavy (non-hydrogen) atoms. The van der Waals surface area contributed by atoms with Crippen LogP contribution in [0.3, 0.4) is 0 Å². The molecule has 0 aromatic carbocycles. The molecule has 1 heterocycles. The molecule has 0 aliphatic heterocycles. The Morgan fingerprint density at radius 3 is 2.83 bits per heavy atom. The zero-order valence-electron chi connectivity index (χ0n) is 11.1. The summed E-state index contributed by atoms with van der Waals surface area (Å²) in [6, 6.07) is 2.32. The van der Waals surface area contributed by atoms with E-state index in [0.717, 1.165) is 36.4 Å². The van der Waals surface area contributed by atoms with Gasteiger partial charge in [-0.15, -0.1) is 0 Å².